The van der Waals surface area contributed by atoms with Crippen molar-refractivity contribution in [3.63, 3.8) is 0 Å². The van der Waals surface area contributed by atoms with Crippen LogP contribution in [0.3, 0.4) is 0 Å². The Morgan fingerprint density at radius 2 is 2.18 bits per heavy atom. The first-order valence-corrected chi connectivity index (χ1v) is 4.50. The molecule has 0 aliphatic heterocycles. The van der Waals surface area contributed by atoms with Crippen LogP contribution in [-0.4, -0.2) is 4.98 Å². The van der Waals surface area contributed by atoms with Gasteiger partial charge in [0.15, 0.2) is 0 Å². The molecule has 0 aromatic carbocycles. The summed E-state index contributed by atoms with van der Waals surface area (Å²) in [5.41, 5.74) is 0.716. The highest BCUT2D eigenvalue weighted by molar-refractivity contribution is 14.1. The van der Waals surface area contributed by atoms with Gasteiger partial charge in [0.1, 0.15) is 0 Å². The van der Waals surface area contributed by atoms with Crippen LogP contribution in [-0.2, 0) is 0 Å². The third-order valence-electron chi connectivity index (χ3n) is 1.47. The fraction of sp³-hybridized carbons (Fsp3) is 0.375. The summed E-state index contributed by atoms with van der Waals surface area (Å²) in [6.07, 6.45) is 1.49. The minimum absolute atomic E-state index is 0.204. The van der Waals surface area contributed by atoms with Crippen LogP contribution in [0.5, 0.6) is 0 Å². The van der Waals surface area contributed by atoms with E-state index in [1.54, 1.807) is 0 Å². The second-order valence-electron chi connectivity index (χ2n) is 2.65. The van der Waals surface area contributed by atoms with Crippen molar-refractivity contribution in [2.24, 2.45) is 0 Å². The maximum absolute atomic E-state index is 13.0. The average molecular weight is 265 g/mol. The molecule has 0 radical (unpaired) electrons. The van der Waals surface area contributed by atoms with Crippen LogP contribution in [0.1, 0.15) is 25.3 Å². The molecular weight excluding hydrogens is 256 g/mol. The minimum Gasteiger partial charge on any atom is -0.228 e. The van der Waals surface area contributed by atoms with E-state index in [0.717, 1.165) is 3.57 Å². The van der Waals surface area contributed by atoms with Gasteiger partial charge in [0.05, 0.1) is 0 Å². The van der Waals surface area contributed by atoms with Gasteiger partial charge in [-0.05, 0) is 34.6 Å². The lowest BCUT2D eigenvalue weighted by molar-refractivity contribution is 0.554. The second-order valence-corrected chi connectivity index (χ2v) is 3.81. The van der Waals surface area contributed by atoms with E-state index in [1.165, 1.54) is 6.20 Å². The quantitative estimate of drug-likeness (QED) is 0.562. The predicted molar refractivity (Wildman–Crippen MR) is 51.0 cm³/mol. The molecule has 60 valence electrons. The summed E-state index contributed by atoms with van der Waals surface area (Å²) in [6, 6.07) is 1.82. The van der Waals surface area contributed by atoms with Gasteiger partial charge in [-0.25, -0.2) is 4.98 Å². The molecule has 1 heterocycles. The predicted octanol–water partition coefficient (Wildman–Crippen LogP) is 2.95. The van der Waals surface area contributed by atoms with E-state index in [-0.39, 0.29) is 11.9 Å². The van der Waals surface area contributed by atoms with Crippen LogP contribution in [0.2, 0.25) is 0 Å². The molecule has 0 atom stereocenters. The zero-order valence-electron chi connectivity index (χ0n) is 6.44. The lowest BCUT2D eigenvalue weighted by Gasteiger charge is -2.07. The van der Waals surface area contributed by atoms with E-state index < -0.39 is 0 Å². The van der Waals surface area contributed by atoms with Gasteiger partial charge >= 0.3 is 0 Å². The Bertz CT molecular complexity index is 240. The molecule has 0 N–H and O–H groups in total. The lowest BCUT2D eigenvalue weighted by Crippen LogP contribution is -1.98. The maximum atomic E-state index is 13.0. The Labute approximate surface area is 79.2 Å². The van der Waals surface area contributed by atoms with Crippen LogP contribution >= 0.6 is 22.6 Å². The van der Waals surface area contributed by atoms with E-state index >= 15 is 0 Å². The smallest absolute Gasteiger partial charge is 0.217 e. The molecule has 1 aromatic rings. The average Bonchev–Trinajstić information content (AvgIpc) is 1.85. The molecule has 0 saturated carbocycles. The van der Waals surface area contributed by atoms with E-state index in [4.69, 9.17) is 0 Å². The number of nitrogens with zero attached hydrogens (tertiary/aromatic N) is 1. The lowest BCUT2D eigenvalue weighted by atomic mass is 10.1. The van der Waals surface area contributed by atoms with Crippen molar-refractivity contribution >= 4 is 22.6 Å². The number of pyridine rings is 1. The van der Waals surface area contributed by atoms with Gasteiger partial charge in [0.25, 0.3) is 0 Å². The number of rotatable bonds is 1. The molecule has 1 aromatic heterocycles. The normalized spacial score (nSPS) is 10.6. The van der Waals surface area contributed by atoms with Gasteiger partial charge in [0, 0.05) is 15.3 Å². The van der Waals surface area contributed by atoms with E-state index in [1.807, 2.05) is 19.9 Å². The molecule has 1 nitrogen and oxygen atoms in total. The molecule has 0 unspecified atom stereocenters. The molecule has 0 bridgehead atoms. The summed E-state index contributed by atoms with van der Waals surface area (Å²) in [5.74, 6) is -0.137. The molecule has 0 fully saturated rings. The molecule has 0 saturated heterocycles. The van der Waals surface area contributed by atoms with Crippen molar-refractivity contribution in [2.75, 3.05) is 0 Å². The van der Waals surface area contributed by atoms with Crippen LogP contribution < -0.4 is 0 Å². The van der Waals surface area contributed by atoms with Gasteiger partial charge in [-0.15, -0.1) is 0 Å². The third kappa shape index (κ3) is 1.89. The van der Waals surface area contributed by atoms with Crippen LogP contribution in [0.4, 0.5) is 4.39 Å². The molecule has 11 heavy (non-hydrogen) atoms. The molecule has 0 aliphatic carbocycles. The highest BCUT2D eigenvalue weighted by Crippen LogP contribution is 2.22. The standard InChI is InChI=1S/C8H9FIN/c1-5(2)7-6(10)3-4-11-8(7)9/h3-5H,1-2H3. The summed E-state index contributed by atoms with van der Waals surface area (Å²) in [4.78, 5) is 3.59. The van der Waals surface area contributed by atoms with E-state index in [9.17, 15) is 4.39 Å². The summed E-state index contributed by atoms with van der Waals surface area (Å²) in [7, 11) is 0. The molecule has 0 spiro atoms. The fourth-order valence-corrected chi connectivity index (χ4v) is 1.95. The second kappa shape index (κ2) is 3.47. The highest BCUT2D eigenvalue weighted by atomic mass is 127. The van der Waals surface area contributed by atoms with Gasteiger partial charge in [-0.2, -0.15) is 4.39 Å². The Morgan fingerprint density at radius 1 is 1.55 bits per heavy atom. The number of halogens is 2. The third-order valence-corrected chi connectivity index (χ3v) is 2.41. The summed E-state index contributed by atoms with van der Waals surface area (Å²) in [6.45, 7) is 3.92. The summed E-state index contributed by atoms with van der Waals surface area (Å²) < 4.78 is 13.9. The zero-order valence-corrected chi connectivity index (χ0v) is 8.59. The number of hydrogen-bond acceptors (Lipinski definition) is 1. The number of hydrogen-bond donors (Lipinski definition) is 0. The molecule has 0 aliphatic rings. The van der Waals surface area contributed by atoms with Crippen LogP contribution in [0.15, 0.2) is 12.3 Å². The Hall–Kier alpha value is -0.190. The van der Waals surface area contributed by atoms with E-state index in [0.29, 0.717) is 5.56 Å². The molecule has 0 amide bonds. The van der Waals surface area contributed by atoms with Gasteiger partial charge < -0.3 is 0 Å². The molecule has 3 heteroatoms. The van der Waals surface area contributed by atoms with Crippen LogP contribution in [0.25, 0.3) is 0 Å². The Balaban J connectivity index is 3.21. The Morgan fingerprint density at radius 3 is 2.55 bits per heavy atom. The SMILES string of the molecule is CC(C)c1c(I)ccnc1F. The van der Waals surface area contributed by atoms with Crippen molar-refractivity contribution in [1.82, 2.24) is 4.98 Å². The topological polar surface area (TPSA) is 12.9 Å². The van der Waals surface area contributed by atoms with Gasteiger partial charge in [0.2, 0.25) is 5.95 Å². The van der Waals surface area contributed by atoms with E-state index in [2.05, 4.69) is 27.6 Å². The monoisotopic (exact) mass is 265 g/mol. The highest BCUT2D eigenvalue weighted by Gasteiger charge is 2.10. The first-order chi connectivity index (χ1) is 5.13. The number of aromatic nitrogens is 1. The first-order valence-electron chi connectivity index (χ1n) is 3.43. The first kappa shape index (κ1) is 8.90. The van der Waals surface area contributed by atoms with Gasteiger partial charge in [-0.1, -0.05) is 13.8 Å². The van der Waals surface area contributed by atoms with Crippen molar-refractivity contribution in [3.05, 3.63) is 27.3 Å². The van der Waals surface area contributed by atoms with Crippen molar-refractivity contribution < 1.29 is 4.39 Å². The largest absolute Gasteiger partial charge is 0.228 e. The van der Waals surface area contributed by atoms with Gasteiger partial charge in [-0.3, -0.25) is 0 Å². The van der Waals surface area contributed by atoms with Crippen LogP contribution in [0, 0.1) is 9.52 Å². The van der Waals surface area contributed by atoms with Crippen molar-refractivity contribution in [2.45, 2.75) is 19.8 Å². The Kier molecular flexibility index (Phi) is 2.81. The minimum atomic E-state index is -0.341. The molecule has 1 rings (SSSR count). The fourth-order valence-electron chi connectivity index (χ4n) is 0.940. The van der Waals surface area contributed by atoms with Crippen molar-refractivity contribution in [1.29, 1.82) is 0 Å². The molecular formula is C8H9FIN. The van der Waals surface area contributed by atoms with Crippen molar-refractivity contribution in [3.8, 4) is 0 Å². The summed E-state index contributed by atoms with van der Waals surface area (Å²) in [5, 5.41) is 0. The maximum Gasteiger partial charge on any atom is 0.217 e. The summed E-state index contributed by atoms with van der Waals surface area (Å²) >= 11 is 2.12. The zero-order chi connectivity index (χ0) is 8.43.